The Kier molecular flexibility index (Phi) is 7.05. The molecule has 7 nitrogen and oxygen atoms in total. The summed E-state index contributed by atoms with van der Waals surface area (Å²) in [6, 6.07) is 8.23. The van der Waals surface area contributed by atoms with Crippen LogP contribution in [0.1, 0.15) is 12.0 Å². The molecular weight excluding hydrogens is 298 g/mol. The van der Waals surface area contributed by atoms with E-state index < -0.39 is 12.1 Å². The van der Waals surface area contributed by atoms with Crippen LogP contribution in [-0.4, -0.2) is 61.9 Å². The molecule has 1 N–H and O–H groups in total. The van der Waals surface area contributed by atoms with Gasteiger partial charge in [0.2, 0.25) is 11.8 Å². The molecule has 7 heteroatoms. The zero-order chi connectivity index (χ0) is 17.4. The Balaban J connectivity index is 2.62. The smallest absolute Gasteiger partial charge is 0.408 e. The third-order valence-corrected chi connectivity index (χ3v) is 3.12. The van der Waals surface area contributed by atoms with E-state index in [1.807, 2.05) is 30.3 Å². The maximum atomic E-state index is 12.1. The molecule has 0 unspecified atom stereocenters. The molecule has 0 heterocycles. The van der Waals surface area contributed by atoms with Gasteiger partial charge >= 0.3 is 6.09 Å². The lowest BCUT2D eigenvalue weighted by Crippen LogP contribution is -2.48. The molecule has 0 saturated heterocycles. The van der Waals surface area contributed by atoms with Gasteiger partial charge in [0.1, 0.15) is 12.6 Å². The molecule has 0 aromatic heterocycles. The summed E-state index contributed by atoms with van der Waals surface area (Å²) in [6.07, 6.45) is -0.856. The van der Waals surface area contributed by atoms with E-state index in [1.54, 1.807) is 28.2 Å². The largest absolute Gasteiger partial charge is 0.445 e. The highest BCUT2D eigenvalue weighted by atomic mass is 16.5. The number of alkyl carbamates (subject to hydrolysis) is 1. The lowest BCUT2D eigenvalue weighted by molar-refractivity contribution is -0.136. The van der Waals surface area contributed by atoms with Crippen molar-refractivity contribution in [2.75, 3.05) is 28.2 Å². The maximum absolute atomic E-state index is 12.1. The standard InChI is InChI=1S/C16H23N3O4/c1-18(2)14(20)10-13(15(21)19(3)4)17-16(22)23-11-12-8-6-5-7-9-12/h5-9,13H,10-11H2,1-4H3,(H,17,22)/t13-/m0/s1. The molecule has 0 aliphatic heterocycles. The Hall–Kier alpha value is -2.57. The number of carbonyl (C=O) groups excluding carboxylic acids is 3. The van der Waals surface area contributed by atoms with Crippen LogP contribution in [0.2, 0.25) is 0 Å². The van der Waals surface area contributed by atoms with E-state index in [-0.39, 0.29) is 24.8 Å². The van der Waals surface area contributed by atoms with E-state index in [9.17, 15) is 14.4 Å². The van der Waals surface area contributed by atoms with Crippen LogP contribution in [0.5, 0.6) is 0 Å². The molecule has 1 aromatic carbocycles. The number of nitrogens with zero attached hydrogens (tertiary/aromatic N) is 2. The predicted molar refractivity (Wildman–Crippen MR) is 85.6 cm³/mol. The van der Waals surface area contributed by atoms with E-state index >= 15 is 0 Å². The van der Waals surface area contributed by atoms with Crippen molar-refractivity contribution in [3.8, 4) is 0 Å². The van der Waals surface area contributed by atoms with Gasteiger partial charge in [0.15, 0.2) is 0 Å². The number of nitrogens with one attached hydrogen (secondary N) is 1. The molecule has 3 amide bonds. The van der Waals surface area contributed by atoms with Gasteiger partial charge in [-0.3, -0.25) is 9.59 Å². The summed E-state index contributed by atoms with van der Waals surface area (Å²) in [7, 11) is 6.30. The van der Waals surface area contributed by atoms with Crippen molar-refractivity contribution in [1.29, 1.82) is 0 Å². The van der Waals surface area contributed by atoms with Gasteiger partial charge < -0.3 is 19.9 Å². The average molecular weight is 321 g/mol. The molecule has 1 rings (SSSR count). The van der Waals surface area contributed by atoms with Crippen LogP contribution in [-0.2, 0) is 20.9 Å². The van der Waals surface area contributed by atoms with Crippen molar-refractivity contribution in [2.24, 2.45) is 0 Å². The van der Waals surface area contributed by atoms with Gasteiger partial charge in [-0.1, -0.05) is 30.3 Å². The first kappa shape index (κ1) is 18.5. The highest BCUT2D eigenvalue weighted by Gasteiger charge is 2.26. The minimum absolute atomic E-state index is 0.0944. The zero-order valence-electron chi connectivity index (χ0n) is 13.9. The zero-order valence-corrected chi connectivity index (χ0v) is 13.9. The van der Waals surface area contributed by atoms with Crippen LogP contribution in [0.25, 0.3) is 0 Å². The number of likely N-dealkylation sites (N-methyl/N-ethyl adjacent to an activating group) is 1. The summed E-state index contributed by atoms with van der Waals surface area (Å²) in [4.78, 5) is 38.5. The molecule has 0 aliphatic carbocycles. The topological polar surface area (TPSA) is 79.0 Å². The Morgan fingerprint density at radius 1 is 1.04 bits per heavy atom. The summed E-state index contributed by atoms with van der Waals surface area (Å²) >= 11 is 0. The molecule has 1 atom stereocenters. The van der Waals surface area contributed by atoms with Crippen LogP contribution in [0.15, 0.2) is 30.3 Å². The minimum atomic E-state index is -0.955. The van der Waals surface area contributed by atoms with Crippen molar-refractivity contribution in [1.82, 2.24) is 15.1 Å². The number of amides is 3. The molecule has 0 spiro atoms. The van der Waals surface area contributed by atoms with Crippen LogP contribution in [0, 0.1) is 0 Å². The molecular formula is C16H23N3O4. The van der Waals surface area contributed by atoms with Crippen molar-refractivity contribution in [3.05, 3.63) is 35.9 Å². The molecule has 0 bridgehead atoms. The van der Waals surface area contributed by atoms with Crippen LogP contribution >= 0.6 is 0 Å². The van der Waals surface area contributed by atoms with Gasteiger partial charge in [-0.2, -0.15) is 0 Å². The molecule has 0 fully saturated rings. The lowest BCUT2D eigenvalue weighted by Gasteiger charge is -2.22. The highest BCUT2D eigenvalue weighted by Crippen LogP contribution is 2.03. The highest BCUT2D eigenvalue weighted by molar-refractivity contribution is 5.90. The summed E-state index contributed by atoms with van der Waals surface area (Å²) in [5, 5.41) is 2.45. The van der Waals surface area contributed by atoms with Crippen molar-refractivity contribution in [3.63, 3.8) is 0 Å². The normalized spacial score (nSPS) is 11.3. The van der Waals surface area contributed by atoms with Gasteiger partial charge in [-0.25, -0.2) is 4.79 Å². The number of carbonyl (C=O) groups is 3. The Morgan fingerprint density at radius 2 is 1.65 bits per heavy atom. The van der Waals surface area contributed by atoms with E-state index in [4.69, 9.17) is 4.74 Å². The lowest BCUT2D eigenvalue weighted by atomic mass is 10.1. The molecule has 0 saturated carbocycles. The second-order valence-corrected chi connectivity index (χ2v) is 5.48. The van der Waals surface area contributed by atoms with Gasteiger partial charge in [0.05, 0.1) is 6.42 Å². The van der Waals surface area contributed by atoms with Crippen molar-refractivity contribution < 1.29 is 19.1 Å². The van der Waals surface area contributed by atoms with Crippen LogP contribution in [0.3, 0.4) is 0 Å². The van der Waals surface area contributed by atoms with Crippen molar-refractivity contribution in [2.45, 2.75) is 19.1 Å². The Labute approximate surface area is 136 Å². The monoisotopic (exact) mass is 321 g/mol. The fourth-order valence-electron chi connectivity index (χ4n) is 1.78. The van der Waals surface area contributed by atoms with E-state index in [0.29, 0.717) is 0 Å². The SMILES string of the molecule is CN(C)C(=O)C[C@H](NC(=O)OCc1ccccc1)C(=O)N(C)C. The van der Waals surface area contributed by atoms with E-state index in [1.165, 1.54) is 9.80 Å². The predicted octanol–water partition coefficient (Wildman–Crippen LogP) is 0.848. The maximum Gasteiger partial charge on any atom is 0.408 e. The van der Waals surface area contributed by atoms with Crippen LogP contribution in [0.4, 0.5) is 4.79 Å². The van der Waals surface area contributed by atoms with Gasteiger partial charge in [-0.05, 0) is 5.56 Å². The fourth-order valence-corrected chi connectivity index (χ4v) is 1.78. The average Bonchev–Trinajstić information content (AvgIpc) is 2.52. The first-order valence-corrected chi connectivity index (χ1v) is 7.19. The van der Waals surface area contributed by atoms with Gasteiger partial charge in [-0.15, -0.1) is 0 Å². The third kappa shape index (κ3) is 6.37. The summed E-state index contributed by atoms with van der Waals surface area (Å²) in [5.41, 5.74) is 0.836. The van der Waals surface area contributed by atoms with E-state index in [2.05, 4.69) is 5.32 Å². The molecule has 1 aromatic rings. The number of hydrogen-bond acceptors (Lipinski definition) is 4. The minimum Gasteiger partial charge on any atom is -0.445 e. The van der Waals surface area contributed by atoms with Gasteiger partial charge in [0, 0.05) is 28.2 Å². The summed E-state index contributed by atoms with van der Waals surface area (Å²) in [6.45, 7) is 0.0944. The second kappa shape index (κ2) is 8.77. The number of ether oxygens (including phenoxy) is 1. The Bertz CT molecular complexity index is 544. The Morgan fingerprint density at radius 3 is 2.17 bits per heavy atom. The van der Waals surface area contributed by atoms with Gasteiger partial charge in [0.25, 0.3) is 0 Å². The van der Waals surface area contributed by atoms with Crippen LogP contribution < -0.4 is 5.32 Å². The number of hydrogen-bond donors (Lipinski definition) is 1. The quantitative estimate of drug-likeness (QED) is 0.842. The fraction of sp³-hybridized carbons (Fsp3) is 0.438. The molecule has 23 heavy (non-hydrogen) atoms. The summed E-state index contributed by atoms with van der Waals surface area (Å²) < 4.78 is 5.08. The third-order valence-electron chi connectivity index (χ3n) is 3.12. The van der Waals surface area contributed by atoms with Crippen molar-refractivity contribution >= 4 is 17.9 Å². The second-order valence-electron chi connectivity index (χ2n) is 5.48. The number of benzene rings is 1. The molecule has 0 aliphatic rings. The first-order valence-electron chi connectivity index (χ1n) is 7.19. The van der Waals surface area contributed by atoms with E-state index in [0.717, 1.165) is 5.56 Å². The molecule has 126 valence electrons. The molecule has 0 radical (unpaired) electrons. The first-order chi connectivity index (χ1) is 10.8. The summed E-state index contributed by atoms with van der Waals surface area (Å²) in [5.74, 6) is -0.620. The number of rotatable bonds is 6.